The molecule has 8 heteroatoms. The molecule has 0 saturated heterocycles. The van der Waals surface area contributed by atoms with Gasteiger partial charge in [-0.2, -0.15) is 0 Å². The van der Waals surface area contributed by atoms with Crippen LogP contribution in [-0.4, -0.2) is 21.0 Å². The second kappa shape index (κ2) is 6.15. The highest BCUT2D eigenvalue weighted by atomic mass is 35.5. The number of hydrogen-bond donors (Lipinski definition) is 2. The summed E-state index contributed by atoms with van der Waals surface area (Å²) in [6, 6.07) is 1.62. The normalized spacial score (nSPS) is 23.2. The molecule has 4 nitrogen and oxygen atoms in total. The molecule has 20 heavy (non-hydrogen) atoms. The zero-order valence-electron chi connectivity index (χ0n) is 10.6. The lowest BCUT2D eigenvalue weighted by Gasteiger charge is -2.20. The number of benzene rings is 1. The molecule has 1 aromatic carbocycles. The summed E-state index contributed by atoms with van der Waals surface area (Å²) in [7, 11) is -3.90. The lowest BCUT2D eigenvalue weighted by Crippen LogP contribution is -2.40. The maximum absolute atomic E-state index is 13.1. The van der Waals surface area contributed by atoms with Crippen LogP contribution in [0.15, 0.2) is 17.0 Å². The molecule has 2 rings (SSSR count). The highest BCUT2D eigenvalue weighted by molar-refractivity contribution is 7.89. The third kappa shape index (κ3) is 3.26. The average Bonchev–Trinajstić information content (AvgIpc) is 2.73. The number of rotatable bonds is 4. The molecule has 0 aliphatic heterocycles. The van der Waals surface area contributed by atoms with E-state index in [0.29, 0.717) is 6.54 Å². The largest absolute Gasteiger partial charge is 0.330 e. The minimum absolute atomic E-state index is 0.0998. The minimum Gasteiger partial charge on any atom is -0.330 e. The molecule has 3 N–H and O–H groups in total. The Morgan fingerprint density at radius 2 is 1.90 bits per heavy atom. The van der Waals surface area contributed by atoms with Gasteiger partial charge < -0.3 is 5.73 Å². The van der Waals surface area contributed by atoms with Gasteiger partial charge in [-0.25, -0.2) is 17.5 Å². The van der Waals surface area contributed by atoms with Crippen LogP contribution >= 0.6 is 23.2 Å². The summed E-state index contributed by atoms with van der Waals surface area (Å²) in [5.41, 5.74) is 5.62. The minimum atomic E-state index is -3.90. The fraction of sp³-hybridized carbons (Fsp3) is 0.500. The second-order valence-corrected chi connectivity index (χ2v) is 7.32. The second-order valence-electron chi connectivity index (χ2n) is 4.85. The first-order valence-corrected chi connectivity index (χ1v) is 8.46. The lowest BCUT2D eigenvalue weighted by atomic mass is 10.1. The van der Waals surface area contributed by atoms with Gasteiger partial charge in [0.1, 0.15) is 10.7 Å². The average molecular weight is 341 g/mol. The van der Waals surface area contributed by atoms with Gasteiger partial charge in [-0.15, -0.1) is 0 Å². The van der Waals surface area contributed by atoms with Crippen LogP contribution in [0.3, 0.4) is 0 Å². The molecule has 0 bridgehead atoms. The van der Waals surface area contributed by atoms with Crippen molar-refractivity contribution in [2.75, 3.05) is 6.54 Å². The summed E-state index contributed by atoms with van der Waals surface area (Å²) >= 11 is 11.6. The van der Waals surface area contributed by atoms with Crippen LogP contribution < -0.4 is 10.5 Å². The monoisotopic (exact) mass is 340 g/mol. The maximum Gasteiger partial charge on any atom is 0.243 e. The van der Waals surface area contributed by atoms with Gasteiger partial charge in [0.25, 0.3) is 0 Å². The third-order valence-electron chi connectivity index (χ3n) is 3.50. The molecular weight excluding hydrogens is 326 g/mol. The van der Waals surface area contributed by atoms with Crippen molar-refractivity contribution in [1.82, 2.24) is 4.72 Å². The molecule has 1 saturated carbocycles. The smallest absolute Gasteiger partial charge is 0.243 e. The van der Waals surface area contributed by atoms with Crippen molar-refractivity contribution in [3.05, 3.63) is 28.0 Å². The Hall–Kier alpha value is -0.400. The summed E-state index contributed by atoms with van der Waals surface area (Å²) in [5, 5.41) is -0.463. The fourth-order valence-electron chi connectivity index (χ4n) is 2.52. The molecule has 112 valence electrons. The van der Waals surface area contributed by atoms with Crippen LogP contribution in [0.1, 0.15) is 19.3 Å². The highest BCUT2D eigenvalue weighted by Gasteiger charge is 2.32. The number of nitrogens with one attached hydrogen (secondary N) is 1. The quantitative estimate of drug-likeness (QED) is 0.884. The van der Waals surface area contributed by atoms with E-state index in [9.17, 15) is 12.8 Å². The maximum atomic E-state index is 13.1. The van der Waals surface area contributed by atoms with E-state index in [1.807, 2.05) is 0 Å². The Bertz CT molecular complexity index is 586. The van der Waals surface area contributed by atoms with Crippen molar-refractivity contribution < 1.29 is 12.8 Å². The summed E-state index contributed by atoms with van der Waals surface area (Å²) in [5.74, 6) is -0.581. The van der Waals surface area contributed by atoms with Gasteiger partial charge in [0.05, 0.1) is 10.0 Å². The molecule has 0 amide bonds. The van der Waals surface area contributed by atoms with Crippen molar-refractivity contribution in [3.63, 3.8) is 0 Å². The zero-order chi connectivity index (χ0) is 14.9. The van der Waals surface area contributed by atoms with Gasteiger partial charge in [0.2, 0.25) is 10.0 Å². The van der Waals surface area contributed by atoms with E-state index < -0.39 is 15.8 Å². The zero-order valence-corrected chi connectivity index (χ0v) is 12.9. The summed E-state index contributed by atoms with van der Waals surface area (Å²) in [4.78, 5) is -0.287. The Kier molecular flexibility index (Phi) is 4.92. The lowest BCUT2D eigenvalue weighted by molar-refractivity contribution is 0.453. The van der Waals surface area contributed by atoms with Crippen LogP contribution in [0, 0.1) is 11.7 Å². The SMILES string of the molecule is NCC1CCCC1NS(=O)(=O)c1c(Cl)cc(F)cc1Cl. The topological polar surface area (TPSA) is 72.2 Å². The van der Waals surface area contributed by atoms with E-state index in [4.69, 9.17) is 28.9 Å². The summed E-state index contributed by atoms with van der Waals surface area (Å²) in [6.07, 6.45) is 2.52. The van der Waals surface area contributed by atoms with Crippen molar-refractivity contribution in [2.24, 2.45) is 11.7 Å². The molecule has 1 fully saturated rings. The van der Waals surface area contributed by atoms with E-state index in [2.05, 4.69) is 4.72 Å². The van der Waals surface area contributed by atoms with Gasteiger partial charge in [0.15, 0.2) is 0 Å². The van der Waals surface area contributed by atoms with Crippen molar-refractivity contribution in [3.8, 4) is 0 Å². The molecule has 0 spiro atoms. The molecule has 1 aromatic rings. The Labute approximate surface area is 127 Å². The Balaban J connectivity index is 2.32. The first-order valence-electron chi connectivity index (χ1n) is 6.22. The molecule has 1 aliphatic carbocycles. The first kappa shape index (κ1) is 16.0. The number of sulfonamides is 1. The Morgan fingerprint density at radius 1 is 1.30 bits per heavy atom. The standard InChI is InChI=1S/C12H15Cl2FN2O2S/c13-9-4-8(15)5-10(14)12(9)20(18,19)17-11-3-1-2-7(11)6-16/h4-5,7,11,17H,1-3,6,16H2. The van der Waals surface area contributed by atoms with Crippen LogP contribution in [0.5, 0.6) is 0 Å². The summed E-state index contributed by atoms with van der Waals surface area (Å²) < 4.78 is 40.4. The number of nitrogens with two attached hydrogens (primary N) is 1. The van der Waals surface area contributed by atoms with Gasteiger partial charge in [-0.1, -0.05) is 29.6 Å². The summed E-state index contributed by atoms with van der Waals surface area (Å²) in [6.45, 7) is 0.415. The van der Waals surface area contributed by atoms with E-state index in [0.717, 1.165) is 31.4 Å². The van der Waals surface area contributed by atoms with Crippen molar-refractivity contribution in [2.45, 2.75) is 30.2 Å². The highest BCUT2D eigenvalue weighted by Crippen LogP contribution is 2.32. The van der Waals surface area contributed by atoms with Crippen molar-refractivity contribution >= 4 is 33.2 Å². The first-order chi connectivity index (χ1) is 9.35. The third-order valence-corrected chi connectivity index (χ3v) is 5.91. The molecule has 1 aliphatic rings. The predicted octanol–water partition coefficient (Wildman–Crippen LogP) is 2.54. The van der Waals surface area contributed by atoms with Gasteiger partial charge in [-0.05, 0) is 37.4 Å². The van der Waals surface area contributed by atoms with Gasteiger partial charge >= 0.3 is 0 Å². The van der Waals surface area contributed by atoms with Gasteiger partial charge in [0, 0.05) is 6.04 Å². The molecule has 2 unspecified atom stereocenters. The predicted molar refractivity (Wildman–Crippen MR) is 76.9 cm³/mol. The van der Waals surface area contributed by atoms with Gasteiger partial charge in [-0.3, -0.25) is 0 Å². The number of hydrogen-bond acceptors (Lipinski definition) is 3. The Morgan fingerprint density at radius 3 is 2.45 bits per heavy atom. The van der Waals surface area contributed by atoms with E-state index in [1.54, 1.807) is 0 Å². The van der Waals surface area contributed by atoms with Crippen LogP contribution in [0.25, 0.3) is 0 Å². The van der Waals surface area contributed by atoms with Crippen LogP contribution in [-0.2, 0) is 10.0 Å². The van der Waals surface area contributed by atoms with E-state index >= 15 is 0 Å². The van der Waals surface area contributed by atoms with E-state index in [1.165, 1.54) is 0 Å². The number of halogens is 3. The molecule has 0 heterocycles. The van der Waals surface area contributed by atoms with E-state index in [-0.39, 0.29) is 26.9 Å². The van der Waals surface area contributed by atoms with Crippen LogP contribution in [0.4, 0.5) is 4.39 Å². The molecule has 2 atom stereocenters. The molecule has 0 radical (unpaired) electrons. The molecular formula is C12H15Cl2FN2O2S. The van der Waals surface area contributed by atoms with Crippen molar-refractivity contribution in [1.29, 1.82) is 0 Å². The van der Waals surface area contributed by atoms with Crippen LogP contribution in [0.2, 0.25) is 10.0 Å². The molecule has 0 aromatic heterocycles. The fourth-order valence-corrected chi connectivity index (χ4v) is 5.05.